The van der Waals surface area contributed by atoms with Crippen LogP contribution in [0.4, 0.5) is 0 Å². The molecule has 312 valence electrons. The standard InChI is InChI=1S/C66H43N/c1-65(2)54-29-11-7-22-44(54)52-36-53-45-23-10-14-32-58(45)67(59(53)37-57(52)65)39-18-15-17-38(35-39)40-33-34-49(48-28-16-27-47-43-20-4-3-19-41(43)42-21-5-6-24-46(42)60(47)48)62-61(40)63-50-25-8-12-30-55(50)66(63)56-31-13-9-26-51(56)64(62)66/h3-37,63-64H,1-2H3. The van der Waals surface area contributed by atoms with E-state index in [9.17, 15) is 0 Å². The molecule has 0 radical (unpaired) electrons. The first kappa shape index (κ1) is 36.2. The van der Waals surface area contributed by atoms with Crippen LogP contribution in [-0.4, -0.2) is 4.57 Å². The highest BCUT2D eigenvalue weighted by molar-refractivity contribution is 6.28. The van der Waals surface area contributed by atoms with E-state index in [0.717, 1.165) is 0 Å². The molecular formula is C66H43N. The molecule has 0 fully saturated rings. The lowest BCUT2D eigenvalue weighted by atomic mass is 9.43. The number of rotatable bonds is 3. The van der Waals surface area contributed by atoms with Crippen molar-refractivity contribution in [1.82, 2.24) is 4.57 Å². The molecule has 0 bridgehead atoms. The summed E-state index contributed by atoms with van der Waals surface area (Å²) in [4.78, 5) is 0. The zero-order valence-electron chi connectivity index (χ0n) is 37.3. The number of nitrogens with zero attached hydrogens (tertiary/aromatic N) is 1. The van der Waals surface area contributed by atoms with Crippen LogP contribution >= 0.6 is 0 Å². The average molecular weight is 850 g/mol. The summed E-state index contributed by atoms with van der Waals surface area (Å²) in [6.07, 6.45) is 0. The van der Waals surface area contributed by atoms with Crippen LogP contribution in [0.3, 0.4) is 0 Å². The van der Waals surface area contributed by atoms with Gasteiger partial charge in [0.25, 0.3) is 0 Å². The smallest absolute Gasteiger partial charge is 0.0544 e. The summed E-state index contributed by atoms with van der Waals surface area (Å²) in [5.74, 6) is 0.509. The minimum Gasteiger partial charge on any atom is -0.309 e. The van der Waals surface area contributed by atoms with Crippen molar-refractivity contribution in [2.45, 2.75) is 36.5 Å². The fourth-order valence-corrected chi connectivity index (χ4v) is 14.5. The van der Waals surface area contributed by atoms with Crippen molar-refractivity contribution in [3.8, 4) is 39.1 Å². The lowest BCUT2D eigenvalue weighted by Gasteiger charge is -2.58. The molecule has 1 nitrogen and oxygen atoms in total. The first-order valence-electron chi connectivity index (χ1n) is 24.0. The molecule has 1 heterocycles. The summed E-state index contributed by atoms with van der Waals surface area (Å²) >= 11 is 0. The van der Waals surface area contributed by atoms with Crippen molar-refractivity contribution < 1.29 is 0 Å². The largest absolute Gasteiger partial charge is 0.309 e. The number of aromatic nitrogens is 1. The van der Waals surface area contributed by atoms with E-state index in [1.807, 2.05) is 0 Å². The van der Waals surface area contributed by atoms with Crippen LogP contribution in [0.1, 0.15) is 70.2 Å². The molecule has 4 aliphatic carbocycles. The fraction of sp³-hybridized carbons (Fsp3) is 0.0909. The average Bonchev–Trinajstić information content (AvgIpc) is 3.90. The Morgan fingerprint density at radius 3 is 1.61 bits per heavy atom. The maximum atomic E-state index is 2.54. The van der Waals surface area contributed by atoms with Gasteiger partial charge in [-0.15, -0.1) is 0 Å². The zero-order valence-corrected chi connectivity index (χ0v) is 37.3. The summed E-state index contributed by atoms with van der Waals surface area (Å²) in [6, 6.07) is 81.3. The van der Waals surface area contributed by atoms with E-state index in [1.165, 1.54) is 138 Å². The first-order chi connectivity index (χ1) is 33.0. The van der Waals surface area contributed by atoms with Gasteiger partial charge in [-0.3, -0.25) is 0 Å². The van der Waals surface area contributed by atoms with E-state index >= 15 is 0 Å². The molecule has 0 amide bonds. The monoisotopic (exact) mass is 849 g/mol. The maximum Gasteiger partial charge on any atom is 0.0544 e. The van der Waals surface area contributed by atoms with Crippen molar-refractivity contribution in [3.63, 3.8) is 0 Å². The Labute approximate surface area is 389 Å². The highest BCUT2D eigenvalue weighted by atomic mass is 15.0. The number of para-hydroxylation sites is 1. The molecule has 1 spiro atoms. The lowest BCUT2D eigenvalue weighted by molar-refractivity contribution is 0.333. The Morgan fingerprint density at radius 2 is 0.881 bits per heavy atom. The minimum absolute atomic E-state index is 0.0884. The van der Waals surface area contributed by atoms with E-state index in [1.54, 1.807) is 0 Å². The molecule has 1 heteroatoms. The second-order valence-corrected chi connectivity index (χ2v) is 20.2. The van der Waals surface area contributed by atoms with Crippen molar-refractivity contribution >= 4 is 54.1 Å². The van der Waals surface area contributed by atoms with Crippen molar-refractivity contribution in [3.05, 3.63) is 257 Å². The van der Waals surface area contributed by atoms with Gasteiger partial charge in [0.2, 0.25) is 0 Å². The zero-order chi connectivity index (χ0) is 43.9. The molecule has 3 unspecified atom stereocenters. The first-order valence-corrected chi connectivity index (χ1v) is 24.0. The topological polar surface area (TPSA) is 4.93 Å². The molecule has 67 heavy (non-hydrogen) atoms. The molecular weight excluding hydrogens is 807 g/mol. The number of benzene rings is 11. The Kier molecular flexibility index (Phi) is 6.74. The van der Waals surface area contributed by atoms with Crippen molar-refractivity contribution in [2.24, 2.45) is 0 Å². The molecule has 4 aliphatic rings. The van der Waals surface area contributed by atoms with Crippen LogP contribution in [-0.2, 0) is 10.8 Å². The third kappa shape index (κ3) is 4.24. The van der Waals surface area contributed by atoms with Crippen molar-refractivity contribution in [1.29, 1.82) is 0 Å². The fourth-order valence-electron chi connectivity index (χ4n) is 14.5. The summed E-state index contributed by atoms with van der Waals surface area (Å²) < 4.78 is 2.54. The number of hydrogen-bond acceptors (Lipinski definition) is 0. The van der Waals surface area contributed by atoms with Crippen LogP contribution in [0.25, 0.3) is 93.2 Å². The quantitative estimate of drug-likeness (QED) is 0.156. The second-order valence-electron chi connectivity index (χ2n) is 20.2. The van der Waals surface area contributed by atoms with Gasteiger partial charge in [-0.05, 0) is 141 Å². The van der Waals surface area contributed by atoms with E-state index in [4.69, 9.17) is 0 Å². The van der Waals surface area contributed by atoms with Crippen LogP contribution in [0.5, 0.6) is 0 Å². The minimum atomic E-state index is -0.0963. The maximum absolute atomic E-state index is 2.54. The SMILES string of the molecule is CC1(C)c2ccccc2-c2cc3c4ccccc4n(-c4cccc(-c5ccc(-c6cccc7c8ccccc8c8ccccc8c67)c6c5C5c7ccccc7C57c5ccccc5C67)c4)c3cc21. The van der Waals surface area contributed by atoms with Gasteiger partial charge in [0.05, 0.1) is 11.0 Å². The molecule has 1 aromatic heterocycles. The molecule has 11 aromatic carbocycles. The molecule has 0 saturated carbocycles. The van der Waals surface area contributed by atoms with Gasteiger partial charge in [-0.2, -0.15) is 0 Å². The van der Waals surface area contributed by atoms with Gasteiger partial charge in [-0.25, -0.2) is 0 Å². The Hall–Kier alpha value is -8.00. The van der Waals surface area contributed by atoms with Gasteiger partial charge in [0.1, 0.15) is 0 Å². The van der Waals surface area contributed by atoms with Gasteiger partial charge in [0, 0.05) is 39.1 Å². The third-order valence-electron chi connectivity index (χ3n) is 17.1. The molecule has 0 N–H and O–H groups in total. The van der Waals surface area contributed by atoms with Crippen LogP contribution in [0, 0.1) is 0 Å². The van der Waals surface area contributed by atoms with Gasteiger partial charge >= 0.3 is 0 Å². The Balaban J connectivity index is 0.974. The van der Waals surface area contributed by atoms with Crippen molar-refractivity contribution in [2.75, 3.05) is 0 Å². The number of hydrogen-bond donors (Lipinski definition) is 0. The highest BCUT2D eigenvalue weighted by Crippen LogP contribution is 2.79. The Morgan fingerprint density at radius 1 is 0.343 bits per heavy atom. The predicted molar refractivity (Wildman–Crippen MR) is 279 cm³/mol. The predicted octanol–water partition coefficient (Wildman–Crippen LogP) is 16.8. The molecule has 16 rings (SSSR count). The Bertz CT molecular complexity index is 4170. The summed E-state index contributed by atoms with van der Waals surface area (Å²) in [5.41, 5.74) is 23.3. The van der Waals surface area contributed by atoms with Crippen LogP contribution < -0.4 is 0 Å². The van der Waals surface area contributed by atoms with Gasteiger partial charge in [0.15, 0.2) is 0 Å². The highest BCUT2D eigenvalue weighted by Gasteiger charge is 2.70. The van der Waals surface area contributed by atoms with Crippen LogP contribution in [0.15, 0.2) is 212 Å². The lowest BCUT2D eigenvalue weighted by Crippen LogP contribution is -2.52. The van der Waals surface area contributed by atoms with E-state index in [0.29, 0.717) is 0 Å². The normalized spacial score (nSPS) is 18.8. The van der Waals surface area contributed by atoms with E-state index in [2.05, 4.69) is 231 Å². The van der Waals surface area contributed by atoms with E-state index < -0.39 is 0 Å². The third-order valence-corrected chi connectivity index (χ3v) is 17.1. The molecule has 12 aromatic rings. The molecule has 0 aliphatic heterocycles. The van der Waals surface area contributed by atoms with E-state index in [-0.39, 0.29) is 22.7 Å². The summed E-state index contributed by atoms with van der Waals surface area (Å²) in [6.45, 7) is 4.78. The van der Waals surface area contributed by atoms with Gasteiger partial charge < -0.3 is 4.57 Å². The second kappa shape index (κ2) is 12.5. The summed E-state index contributed by atoms with van der Waals surface area (Å²) in [7, 11) is 0. The molecule has 0 saturated heterocycles. The summed E-state index contributed by atoms with van der Waals surface area (Å²) in [5, 5.41) is 10.5. The van der Waals surface area contributed by atoms with Gasteiger partial charge in [-0.1, -0.05) is 196 Å². The van der Waals surface area contributed by atoms with Crippen LogP contribution in [0.2, 0.25) is 0 Å². The number of fused-ring (bicyclic) bond motifs is 19. The molecule has 3 atom stereocenters.